The van der Waals surface area contributed by atoms with Gasteiger partial charge in [-0.1, -0.05) is 24.8 Å². The molecular weight excluding hydrogens is 148 g/mol. The molecule has 0 aromatic carbocycles. The van der Waals surface area contributed by atoms with E-state index in [2.05, 4.69) is 16.8 Å². The number of allylic oxidation sites excluding steroid dienone is 2. The van der Waals surface area contributed by atoms with Gasteiger partial charge in [0.25, 0.3) is 0 Å². The van der Waals surface area contributed by atoms with Crippen LogP contribution in [0.5, 0.6) is 0 Å². The lowest BCUT2D eigenvalue weighted by Gasteiger charge is -1.90. The summed E-state index contributed by atoms with van der Waals surface area (Å²) in [6, 6.07) is 0. The van der Waals surface area contributed by atoms with Crippen LogP contribution in [0.15, 0.2) is 16.8 Å². The fraction of sp³-hybridized carbons (Fsp3) is 0.400. The molecule has 0 unspecified atom stereocenters. The molecule has 12 heavy (non-hydrogen) atoms. The first kappa shape index (κ1) is 10.6. The lowest BCUT2D eigenvalue weighted by Crippen LogP contribution is -1.88. The zero-order valence-corrected chi connectivity index (χ0v) is 7.81. The summed E-state index contributed by atoms with van der Waals surface area (Å²) in [6.07, 6.45) is 3.84. The molecule has 0 aromatic rings. The summed E-state index contributed by atoms with van der Waals surface area (Å²) in [5, 5.41) is 6.98. The van der Waals surface area contributed by atoms with E-state index in [4.69, 9.17) is 5.41 Å². The van der Waals surface area contributed by atoms with E-state index in [0.29, 0.717) is 5.70 Å². The average molecular weight is 162 g/mol. The van der Waals surface area contributed by atoms with Crippen molar-refractivity contribution in [1.29, 1.82) is 5.41 Å². The molecule has 0 aliphatic rings. The molecule has 0 saturated carbocycles. The van der Waals surface area contributed by atoms with Gasteiger partial charge < -0.3 is 5.41 Å². The van der Waals surface area contributed by atoms with E-state index >= 15 is 0 Å². The maximum Gasteiger partial charge on any atom is 0.0875 e. The average Bonchev–Trinajstić information content (AvgIpc) is 2.10. The highest BCUT2D eigenvalue weighted by Crippen LogP contribution is 1.92. The molecule has 0 spiro atoms. The van der Waals surface area contributed by atoms with Crippen molar-refractivity contribution >= 4 is 11.9 Å². The Morgan fingerprint density at radius 1 is 1.58 bits per heavy atom. The Kier molecular flexibility index (Phi) is 5.64. The number of hydrogen-bond donors (Lipinski definition) is 1. The molecule has 0 aliphatic heterocycles. The van der Waals surface area contributed by atoms with Gasteiger partial charge in [-0.3, -0.25) is 0 Å². The minimum Gasteiger partial charge on any atom is -0.307 e. The van der Waals surface area contributed by atoms with Crippen LogP contribution in [0.2, 0.25) is 0 Å². The molecule has 0 heterocycles. The fourth-order valence-corrected chi connectivity index (χ4v) is 0.618. The van der Waals surface area contributed by atoms with Gasteiger partial charge in [0.2, 0.25) is 0 Å². The molecule has 0 atom stereocenters. The molecule has 2 nitrogen and oxygen atoms in total. The summed E-state index contributed by atoms with van der Waals surface area (Å²) in [7, 11) is 0. The maximum atomic E-state index is 6.98. The lowest BCUT2D eigenvalue weighted by molar-refractivity contribution is 1.28. The third-order valence-corrected chi connectivity index (χ3v) is 1.19. The van der Waals surface area contributed by atoms with Gasteiger partial charge in [0.15, 0.2) is 0 Å². The number of nitrogens with one attached hydrogen (secondary N) is 1. The van der Waals surface area contributed by atoms with Crippen LogP contribution in [0, 0.1) is 17.3 Å². The van der Waals surface area contributed by atoms with Crippen LogP contribution in [0.25, 0.3) is 0 Å². The van der Waals surface area contributed by atoms with Crippen LogP contribution in [0.4, 0.5) is 0 Å². The van der Waals surface area contributed by atoms with Crippen LogP contribution < -0.4 is 0 Å². The molecule has 0 rings (SSSR count). The lowest BCUT2D eigenvalue weighted by atomic mass is 10.3. The van der Waals surface area contributed by atoms with Crippen molar-refractivity contribution in [1.82, 2.24) is 0 Å². The smallest absolute Gasteiger partial charge is 0.0875 e. The highest BCUT2D eigenvalue weighted by molar-refractivity contribution is 6.00. The summed E-state index contributed by atoms with van der Waals surface area (Å²) in [4.78, 5) is 4.11. The highest BCUT2D eigenvalue weighted by atomic mass is 14.8. The van der Waals surface area contributed by atoms with Gasteiger partial charge in [-0.15, -0.1) is 0 Å². The second-order valence-electron chi connectivity index (χ2n) is 2.21. The summed E-state index contributed by atoms with van der Waals surface area (Å²) < 4.78 is 0. The molecule has 0 bridgehead atoms. The largest absolute Gasteiger partial charge is 0.307 e. The molecule has 0 aromatic heterocycles. The Labute approximate surface area is 73.9 Å². The zero-order valence-electron chi connectivity index (χ0n) is 7.81. The fourth-order valence-electron chi connectivity index (χ4n) is 0.618. The topological polar surface area (TPSA) is 36.2 Å². The minimum atomic E-state index is 0.651. The van der Waals surface area contributed by atoms with E-state index in [1.165, 1.54) is 6.21 Å². The standard InChI is InChI=1S/C10H14N2/c1-4-6-7-9(3)12-10(5-2)8-11/h5,8,11H,4H2,1-3H3/b10-5-,11-8?,12-9+. The first-order valence-corrected chi connectivity index (χ1v) is 3.95. The molecule has 0 saturated heterocycles. The summed E-state index contributed by atoms with van der Waals surface area (Å²) in [6.45, 7) is 5.69. The molecule has 0 radical (unpaired) electrons. The maximum absolute atomic E-state index is 6.98. The van der Waals surface area contributed by atoms with Gasteiger partial charge in [0.05, 0.1) is 11.4 Å². The van der Waals surface area contributed by atoms with Crippen molar-refractivity contribution < 1.29 is 0 Å². The third-order valence-electron chi connectivity index (χ3n) is 1.19. The van der Waals surface area contributed by atoms with E-state index < -0.39 is 0 Å². The van der Waals surface area contributed by atoms with Crippen LogP contribution >= 0.6 is 0 Å². The highest BCUT2D eigenvalue weighted by Gasteiger charge is 1.86. The van der Waals surface area contributed by atoms with Gasteiger partial charge >= 0.3 is 0 Å². The van der Waals surface area contributed by atoms with Crippen molar-refractivity contribution in [2.24, 2.45) is 4.99 Å². The predicted molar refractivity (Wildman–Crippen MR) is 53.7 cm³/mol. The predicted octanol–water partition coefficient (Wildman–Crippen LogP) is 2.41. The van der Waals surface area contributed by atoms with Crippen molar-refractivity contribution in [2.75, 3.05) is 0 Å². The van der Waals surface area contributed by atoms with E-state index in [-0.39, 0.29) is 0 Å². The molecule has 2 heteroatoms. The minimum absolute atomic E-state index is 0.651. The van der Waals surface area contributed by atoms with Crippen molar-refractivity contribution in [2.45, 2.75) is 27.2 Å². The van der Waals surface area contributed by atoms with Gasteiger partial charge in [-0.05, 0) is 13.8 Å². The first-order chi connectivity index (χ1) is 5.74. The first-order valence-electron chi connectivity index (χ1n) is 3.95. The van der Waals surface area contributed by atoms with Crippen LogP contribution in [-0.2, 0) is 0 Å². The summed E-state index contributed by atoms with van der Waals surface area (Å²) in [5.41, 5.74) is 1.41. The number of hydrogen-bond acceptors (Lipinski definition) is 2. The van der Waals surface area contributed by atoms with E-state index in [9.17, 15) is 0 Å². The van der Waals surface area contributed by atoms with Crippen LogP contribution in [0.1, 0.15) is 27.2 Å². The molecule has 0 fully saturated rings. The molecule has 0 amide bonds. The third kappa shape index (κ3) is 4.45. The normalized spacial score (nSPS) is 11.9. The SMILES string of the molecule is C/C=C(C=N)\N=C(/C)C#CCC. The number of aliphatic imine (C=N–C) groups is 1. The van der Waals surface area contributed by atoms with Crippen LogP contribution in [0.3, 0.4) is 0 Å². The Hall–Kier alpha value is -1.36. The Bertz CT molecular complexity index is 261. The molecule has 64 valence electrons. The van der Waals surface area contributed by atoms with Crippen molar-refractivity contribution in [3.63, 3.8) is 0 Å². The van der Waals surface area contributed by atoms with E-state index in [0.717, 1.165) is 12.1 Å². The Balaban J connectivity index is 4.44. The Morgan fingerprint density at radius 3 is 2.67 bits per heavy atom. The van der Waals surface area contributed by atoms with Crippen molar-refractivity contribution in [3.8, 4) is 11.8 Å². The Morgan fingerprint density at radius 2 is 2.25 bits per heavy atom. The quantitative estimate of drug-likeness (QED) is 0.478. The number of rotatable bonds is 2. The number of nitrogens with zero attached hydrogens (tertiary/aromatic N) is 1. The van der Waals surface area contributed by atoms with Crippen molar-refractivity contribution in [3.05, 3.63) is 11.8 Å². The zero-order chi connectivity index (χ0) is 9.40. The van der Waals surface area contributed by atoms with Gasteiger partial charge in [-0.25, -0.2) is 4.99 Å². The van der Waals surface area contributed by atoms with E-state index in [1.54, 1.807) is 6.08 Å². The summed E-state index contributed by atoms with van der Waals surface area (Å²) in [5.74, 6) is 5.81. The molecular formula is C10H14N2. The monoisotopic (exact) mass is 162 g/mol. The summed E-state index contributed by atoms with van der Waals surface area (Å²) >= 11 is 0. The van der Waals surface area contributed by atoms with E-state index in [1.807, 2.05) is 20.8 Å². The molecule has 1 N–H and O–H groups in total. The van der Waals surface area contributed by atoms with Gasteiger partial charge in [0.1, 0.15) is 0 Å². The second kappa shape index (κ2) is 6.36. The van der Waals surface area contributed by atoms with Gasteiger partial charge in [0, 0.05) is 12.6 Å². The van der Waals surface area contributed by atoms with Gasteiger partial charge in [-0.2, -0.15) is 0 Å². The second-order valence-corrected chi connectivity index (χ2v) is 2.21. The van der Waals surface area contributed by atoms with Crippen LogP contribution in [-0.4, -0.2) is 11.9 Å². The molecule has 0 aliphatic carbocycles.